The van der Waals surface area contributed by atoms with Crippen LogP contribution in [0.2, 0.25) is 0 Å². The van der Waals surface area contributed by atoms with Crippen LogP contribution < -0.4 is 10.6 Å². The summed E-state index contributed by atoms with van der Waals surface area (Å²) in [6, 6.07) is 16.7. The molecular weight excluding hydrogens is 329 g/mol. The number of hydrogen-bond donors (Lipinski definition) is 2. The number of rotatable bonds is 6. The van der Waals surface area contributed by atoms with Gasteiger partial charge in [-0.2, -0.15) is 5.10 Å². The Morgan fingerprint density at radius 2 is 1.73 bits per heavy atom. The summed E-state index contributed by atoms with van der Waals surface area (Å²) in [6.07, 6.45) is 3.73. The Morgan fingerprint density at radius 3 is 2.42 bits per heavy atom. The molecule has 0 aliphatic rings. The number of nitrogens with zero attached hydrogens (tertiary/aromatic N) is 3. The third-order valence-corrected chi connectivity index (χ3v) is 3.95. The van der Waals surface area contributed by atoms with Crippen molar-refractivity contribution < 1.29 is 4.39 Å². The van der Waals surface area contributed by atoms with Crippen LogP contribution in [-0.2, 0) is 19.6 Å². The Balaban J connectivity index is 1.52. The average Bonchev–Trinajstić information content (AvgIpc) is 3.16. The van der Waals surface area contributed by atoms with Crippen LogP contribution in [0.3, 0.4) is 0 Å². The molecule has 2 N–H and O–H groups in total. The number of benzene rings is 2. The first-order chi connectivity index (χ1) is 12.7. The van der Waals surface area contributed by atoms with Crippen molar-refractivity contribution >= 4 is 5.96 Å². The highest BCUT2D eigenvalue weighted by molar-refractivity contribution is 5.79. The first-order valence-electron chi connectivity index (χ1n) is 8.47. The van der Waals surface area contributed by atoms with Crippen LogP contribution in [0, 0.1) is 5.82 Å². The predicted molar refractivity (Wildman–Crippen MR) is 101 cm³/mol. The van der Waals surface area contributed by atoms with E-state index in [1.807, 2.05) is 23.0 Å². The van der Waals surface area contributed by atoms with Crippen LogP contribution in [0.15, 0.2) is 72.0 Å². The number of halogens is 1. The molecule has 0 aliphatic carbocycles. The van der Waals surface area contributed by atoms with E-state index in [-0.39, 0.29) is 5.82 Å². The fourth-order valence-corrected chi connectivity index (χ4v) is 2.61. The summed E-state index contributed by atoms with van der Waals surface area (Å²) in [5.41, 5.74) is 3.36. The largest absolute Gasteiger partial charge is 0.352 e. The molecular formula is C20H22FN5. The number of aliphatic imine (C=N–C) groups is 1. The molecule has 0 spiro atoms. The second kappa shape index (κ2) is 8.80. The topological polar surface area (TPSA) is 54.2 Å². The molecule has 2 aromatic carbocycles. The third kappa shape index (κ3) is 5.17. The average molecular weight is 351 g/mol. The van der Waals surface area contributed by atoms with Gasteiger partial charge in [-0.3, -0.25) is 9.67 Å². The number of aromatic nitrogens is 2. The van der Waals surface area contributed by atoms with Crippen LogP contribution in [0.5, 0.6) is 0 Å². The quantitative estimate of drug-likeness (QED) is 0.530. The molecule has 0 aliphatic heterocycles. The van der Waals surface area contributed by atoms with E-state index in [4.69, 9.17) is 0 Å². The molecule has 0 bridgehead atoms. The molecule has 0 saturated heterocycles. The summed E-state index contributed by atoms with van der Waals surface area (Å²) < 4.78 is 14.8. The van der Waals surface area contributed by atoms with Gasteiger partial charge in [0, 0.05) is 32.5 Å². The number of hydrogen-bond acceptors (Lipinski definition) is 2. The molecule has 0 atom stereocenters. The molecule has 0 unspecified atom stereocenters. The van der Waals surface area contributed by atoms with Gasteiger partial charge < -0.3 is 10.6 Å². The lowest BCUT2D eigenvalue weighted by Gasteiger charge is -2.13. The summed E-state index contributed by atoms with van der Waals surface area (Å²) >= 11 is 0. The van der Waals surface area contributed by atoms with E-state index in [1.54, 1.807) is 25.4 Å². The van der Waals surface area contributed by atoms with Crippen LogP contribution in [0.1, 0.15) is 16.7 Å². The second-order valence-corrected chi connectivity index (χ2v) is 5.93. The molecule has 0 radical (unpaired) electrons. The van der Waals surface area contributed by atoms with Gasteiger partial charge in [-0.05, 0) is 34.9 Å². The Kier molecular flexibility index (Phi) is 5.98. The molecule has 0 amide bonds. The van der Waals surface area contributed by atoms with Gasteiger partial charge in [-0.25, -0.2) is 4.39 Å². The SMILES string of the molecule is CN=C(NCc1ccc(F)cc1)NCc1cccc(Cn2cccn2)c1. The normalized spacial score (nSPS) is 11.4. The van der Waals surface area contributed by atoms with Crippen molar-refractivity contribution in [3.63, 3.8) is 0 Å². The van der Waals surface area contributed by atoms with Gasteiger partial charge in [0.2, 0.25) is 0 Å². The number of nitrogens with one attached hydrogen (secondary N) is 2. The zero-order valence-corrected chi connectivity index (χ0v) is 14.7. The summed E-state index contributed by atoms with van der Waals surface area (Å²) in [7, 11) is 1.73. The van der Waals surface area contributed by atoms with E-state index < -0.39 is 0 Å². The smallest absolute Gasteiger partial charge is 0.191 e. The molecule has 3 aromatic rings. The lowest BCUT2D eigenvalue weighted by atomic mass is 10.1. The molecule has 134 valence electrons. The van der Waals surface area contributed by atoms with E-state index >= 15 is 0 Å². The molecule has 6 heteroatoms. The van der Waals surface area contributed by atoms with Crippen LogP contribution in [0.25, 0.3) is 0 Å². The van der Waals surface area contributed by atoms with Crippen LogP contribution in [-0.4, -0.2) is 22.8 Å². The summed E-state index contributed by atoms with van der Waals surface area (Å²) in [4.78, 5) is 4.23. The molecule has 0 saturated carbocycles. The van der Waals surface area contributed by atoms with Gasteiger partial charge in [0.25, 0.3) is 0 Å². The minimum atomic E-state index is -0.230. The zero-order chi connectivity index (χ0) is 18.2. The first-order valence-corrected chi connectivity index (χ1v) is 8.47. The van der Waals surface area contributed by atoms with E-state index in [9.17, 15) is 4.39 Å². The van der Waals surface area contributed by atoms with E-state index in [1.165, 1.54) is 23.3 Å². The Labute approximate surface area is 152 Å². The Morgan fingerprint density at radius 1 is 1.00 bits per heavy atom. The van der Waals surface area contributed by atoms with Gasteiger partial charge in [-0.1, -0.05) is 36.4 Å². The van der Waals surface area contributed by atoms with Gasteiger partial charge in [-0.15, -0.1) is 0 Å². The highest BCUT2D eigenvalue weighted by Crippen LogP contribution is 2.07. The maximum Gasteiger partial charge on any atom is 0.191 e. The predicted octanol–water partition coefficient (Wildman–Crippen LogP) is 2.94. The maximum absolute atomic E-state index is 12.9. The fourth-order valence-electron chi connectivity index (χ4n) is 2.61. The Bertz CT molecular complexity index is 841. The lowest BCUT2D eigenvalue weighted by Crippen LogP contribution is -2.36. The lowest BCUT2D eigenvalue weighted by molar-refractivity contribution is 0.626. The minimum Gasteiger partial charge on any atom is -0.352 e. The highest BCUT2D eigenvalue weighted by atomic mass is 19.1. The van der Waals surface area contributed by atoms with Gasteiger partial charge in [0.15, 0.2) is 5.96 Å². The second-order valence-electron chi connectivity index (χ2n) is 5.93. The fraction of sp³-hybridized carbons (Fsp3) is 0.200. The molecule has 1 heterocycles. The zero-order valence-electron chi connectivity index (χ0n) is 14.7. The van der Waals surface area contributed by atoms with Crippen molar-refractivity contribution in [2.24, 2.45) is 4.99 Å². The van der Waals surface area contributed by atoms with E-state index in [0.29, 0.717) is 19.0 Å². The van der Waals surface area contributed by atoms with Crippen molar-refractivity contribution in [1.29, 1.82) is 0 Å². The summed E-state index contributed by atoms with van der Waals surface area (Å²) in [5.74, 6) is 0.470. The van der Waals surface area contributed by atoms with Gasteiger partial charge >= 0.3 is 0 Å². The summed E-state index contributed by atoms with van der Waals surface area (Å²) in [5, 5.41) is 10.8. The summed E-state index contributed by atoms with van der Waals surface area (Å²) in [6.45, 7) is 1.99. The van der Waals surface area contributed by atoms with E-state index in [0.717, 1.165) is 12.1 Å². The Hall–Kier alpha value is -3.15. The van der Waals surface area contributed by atoms with Crippen molar-refractivity contribution in [1.82, 2.24) is 20.4 Å². The third-order valence-electron chi connectivity index (χ3n) is 3.95. The van der Waals surface area contributed by atoms with Crippen molar-refractivity contribution in [2.45, 2.75) is 19.6 Å². The van der Waals surface area contributed by atoms with Crippen LogP contribution >= 0.6 is 0 Å². The minimum absolute atomic E-state index is 0.230. The molecule has 26 heavy (non-hydrogen) atoms. The molecule has 1 aromatic heterocycles. The van der Waals surface area contributed by atoms with Crippen molar-refractivity contribution in [2.75, 3.05) is 7.05 Å². The molecule has 0 fully saturated rings. The first kappa shape index (κ1) is 17.7. The highest BCUT2D eigenvalue weighted by Gasteiger charge is 2.01. The standard InChI is InChI=1S/C20H22FN5/c1-22-20(23-13-16-6-8-19(21)9-7-16)24-14-17-4-2-5-18(12-17)15-26-11-3-10-25-26/h2-12H,13-15H2,1H3,(H2,22,23,24). The maximum atomic E-state index is 12.9. The van der Waals surface area contributed by atoms with Crippen LogP contribution in [0.4, 0.5) is 4.39 Å². The molecule has 3 rings (SSSR count). The van der Waals surface area contributed by atoms with Crippen molar-refractivity contribution in [3.8, 4) is 0 Å². The van der Waals surface area contributed by atoms with Gasteiger partial charge in [0.1, 0.15) is 5.82 Å². The van der Waals surface area contributed by atoms with Crippen molar-refractivity contribution in [3.05, 3.63) is 89.5 Å². The monoisotopic (exact) mass is 351 g/mol. The van der Waals surface area contributed by atoms with E-state index in [2.05, 4.69) is 38.9 Å². The van der Waals surface area contributed by atoms with Gasteiger partial charge in [0.05, 0.1) is 6.54 Å². The number of guanidine groups is 1. The molecule has 5 nitrogen and oxygen atoms in total.